The molecule has 0 spiro atoms. The molecule has 2 heteroatoms. The van der Waals surface area contributed by atoms with Crippen LogP contribution in [0.5, 0.6) is 0 Å². The van der Waals surface area contributed by atoms with Gasteiger partial charge in [0.1, 0.15) is 0 Å². The number of hydrogen-bond donors (Lipinski definition) is 1. The molecule has 0 aromatic heterocycles. The van der Waals surface area contributed by atoms with Crippen molar-refractivity contribution in [2.45, 2.75) is 12.3 Å². The molecule has 0 aromatic carbocycles. The fraction of sp³-hybridized carbons (Fsp3) is 0.667. The monoisotopic (exact) mass is 131 g/mol. The molecule has 46 valence electrons. The van der Waals surface area contributed by atoms with Crippen LogP contribution in [-0.2, 0) is 0 Å². The number of alkyl halides is 1. The average molecular weight is 132 g/mol. The SMILES string of the molecule is CC1=CC(Cl)CNC1. The minimum atomic E-state index is 0.212. The van der Waals surface area contributed by atoms with Crippen LogP contribution in [0.15, 0.2) is 11.6 Å². The van der Waals surface area contributed by atoms with E-state index in [2.05, 4.69) is 18.3 Å². The molecule has 1 aliphatic rings. The molecule has 1 atom stereocenters. The second-order valence-electron chi connectivity index (χ2n) is 2.16. The third-order valence-electron chi connectivity index (χ3n) is 1.21. The van der Waals surface area contributed by atoms with Crippen molar-refractivity contribution in [2.75, 3.05) is 13.1 Å². The molecular weight excluding hydrogens is 122 g/mol. The van der Waals surface area contributed by atoms with E-state index in [0.29, 0.717) is 0 Å². The van der Waals surface area contributed by atoms with Crippen LogP contribution in [0.25, 0.3) is 0 Å². The fourth-order valence-corrected chi connectivity index (χ4v) is 1.16. The van der Waals surface area contributed by atoms with Crippen molar-refractivity contribution in [3.63, 3.8) is 0 Å². The van der Waals surface area contributed by atoms with E-state index in [1.807, 2.05) is 0 Å². The van der Waals surface area contributed by atoms with Crippen LogP contribution in [0, 0.1) is 0 Å². The molecule has 1 nitrogen and oxygen atoms in total. The maximum atomic E-state index is 5.77. The first-order valence-electron chi connectivity index (χ1n) is 2.81. The van der Waals surface area contributed by atoms with E-state index in [1.165, 1.54) is 5.57 Å². The third kappa shape index (κ3) is 1.49. The van der Waals surface area contributed by atoms with Gasteiger partial charge in [-0.2, -0.15) is 0 Å². The Bertz CT molecular complexity index is 109. The molecule has 0 aliphatic carbocycles. The van der Waals surface area contributed by atoms with Crippen molar-refractivity contribution in [2.24, 2.45) is 0 Å². The second-order valence-corrected chi connectivity index (χ2v) is 2.72. The lowest BCUT2D eigenvalue weighted by molar-refractivity contribution is 0.707. The highest BCUT2D eigenvalue weighted by molar-refractivity contribution is 6.22. The van der Waals surface area contributed by atoms with Crippen molar-refractivity contribution in [3.8, 4) is 0 Å². The number of rotatable bonds is 0. The van der Waals surface area contributed by atoms with Crippen molar-refractivity contribution in [3.05, 3.63) is 11.6 Å². The lowest BCUT2D eigenvalue weighted by atomic mass is 10.2. The van der Waals surface area contributed by atoms with Gasteiger partial charge in [-0.05, 0) is 6.92 Å². The minimum Gasteiger partial charge on any atom is -0.311 e. The Kier molecular flexibility index (Phi) is 1.92. The zero-order chi connectivity index (χ0) is 5.98. The summed E-state index contributed by atoms with van der Waals surface area (Å²) in [6, 6.07) is 0. The Labute approximate surface area is 54.7 Å². The summed E-state index contributed by atoms with van der Waals surface area (Å²) in [6.45, 7) is 4.00. The minimum absolute atomic E-state index is 0.212. The Morgan fingerprint density at radius 2 is 2.62 bits per heavy atom. The van der Waals surface area contributed by atoms with Crippen molar-refractivity contribution in [1.82, 2.24) is 5.32 Å². The van der Waals surface area contributed by atoms with E-state index in [4.69, 9.17) is 11.6 Å². The van der Waals surface area contributed by atoms with Gasteiger partial charge >= 0.3 is 0 Å². The normalized spacial score (nSPS) is 29.8. The van der Waals surface area contributed by atoms with Crippen LogP contribution in [0.2, 0.25) is 0 Å². The molecule has 8 heavy (non-hydrogen) atoms. The van der Waals surface area contributed by atoms with Gasteiger partial charge in [0.15, 0.2) is 0 Å². The number of halogens is 1. The summed E-state index contributed by atoms with van der Waals surface area (Å²) in [5, 5.41) is 3.40. The van der Waals surface area contributed by atoms with Gasteiger partial charge in [-0.1, -0.05) is 11.6 Å². The Morgan fingerprint density at radius 1 is 1.88 bits per heavy atom. The lowest BCUT2D eigenvalue weighted by Gasteiger charge is -2.14. The van der Waals surface area contributed by atoms with Crippen LogP contribution in [0.4, 0.5) is 0 Å². The van der Waals surface area contributed by atoms with Gasteiger partial charge in [-0.25, -0.2) is 0 Å². The summed E-state index contributed by atoms with van der Waals surface area (Å²) in [5.74, 6) is 0. The van der Waals surface area contributed by atoms with Crippen LogP contribution >= 0.6 is 11.6 Å². The standard InChI is InChI=1S/C6H10ClN/c1-5-2-6(7)4-8-3-5/h2,6,8H,3-4H2,1H3. The Morgan fingerprint density at radius 3 is 3.00 bits per heavy atom. The maximum absolute atomic E-state index is 5.77. The molecule has 0 amide bonds. The molecule has 1 rings (SSSR count). The quantitative estimate of drug-likeness (QED) is 0.384. The molecule has 0 fully saturated rings. The molecule has 0 saturated heterocycles. The number of hydrogen-bond acceptors (Lipinski definition) is 1. The second kappa shape index (κ2) is 2.51. The zero-order valence-corrected chi connectivity index (χ0v) is 5.70. The van der Waals surface area contributed by atoms with Gasteiger partial charge < -0.3 is 5.32 Å². The lowest BCUT2D eigenvalue weighted by Crippen LogP contribution is -2.28. The summed E-state index contributed by atoms with van der Waals surface area (Å²) < 4.78 is 0. The molecule has 0 radical (unpaired) electrons. The molecule has 0 aromatic rings. The summed E-state index contributed by atoms with van der Waals surface area (Å²) in [4.78, 5) is 0. The zero-order valence-electron chi connectivity index (χ0n) is 4.95. The Balaban J connectivity index is 2.50. The Hall–Kier alpha value is -0.0100. The van der Waals surface area contributed by atoms with E-state index >= 15 is 0 Å². The molecule has 1 unspecified atom stereocenters. The topological polar surface area (TPSA) is 12.0 Å². The third-order valence-corrected chi connectivity index (χ3v) is 1.49. The van der Waals surface area contributed by atoms with E-state index in [0.717, 1.165) is 13.1 Å². The first-order chi connectivity index (χ1) is 3.79. The summed E-state index contributed by atoms with van der Waals surface area (Å²) in [7, 11) is 0. The summed E-state index contributed by atoms with van der Waals surface area (Å²) in [6.07, 6.45) is 2.10. The summed E-state index contributed by atoms with van der Waals surface area (Å²) >= 11 is 5.77. The van der Waals surface area contributed by atoms with Crippen molar-refractivity contribution in [1.29, 1.82) is 0 Å². The molecule has 1 N–H and O–H groups in total. The highest BCUT2D eigenvalue weighted by Crippen LogP contribution is 2.05. The van der Waals surface area contributed by atoms with Gasteiger partial charge in [-0.15, -0.1) is 11.6 Å². The highest BCUT2D eigenvalue weighted by Gasteiger charge is 2.05. The van der Waals surface area contributed by atoms with E-state index in [9.17, 15) is 0 Å². The van der Waals surface area contributed by atoms with Gasteiger partial charge in [0.2, 0.25) is 0 Å². The first kappa shape index (κ1) is 6.12. The molecule has 1 heterocycles. The first-order valence-corrected chi connectivity index (χ1v) is 3.25. The van der Waals surface area contributed by atoms with E-state index in [1.54, 1.807) is 0 Å². The average Bonchev–Trinajstić information content (AvgIpc) is 1.64. The van der Waals surface area contributed by atoms with Gasteiger partial charge in [-0.3, -0.25) is 0 Å². The van der Waals surface area contributed by atoms with Gasteiger partial charge in [0.25, 0.3) is 0 Å². The van der Waals surface area contributed by atoms with Crippen molar-refractivity contribution < 1.29 is 0 Å². The largest absolute Gasteiger partial charge is 0.311 e. The van der Waals surface area contributed by atoms with E-state index < -0.39 is 0 Å². The van der Waals surface area contributed by atoms with E-state index in [-0.39, 0.29) is 5.38 Å². The highest BCUT2D eigenvalue weighted by atomic mass is 35.5. The van der Waals surface area contributed by atoms with Gasteiger partial charge in [0.05, 0.1) is 5.38 Å². The van der Waals surface area contributed by atoms with Gasteiger partial charge in [0, 0.05) is 13.1 Å². The molecule has 0 bridgehead atoms. The van der Waals surface area contributed by atoms with Crippen LogP contribution in [0.1, 0.15) is 6.92 Å². The smallest absolute Gasteiger partial charge is 0.0643 e. The predicted molar refractivity (Wildman–Crippen MR) is 36.3 cm³/mol. The summed E-state index contributed by atoms with van der Waals surface area (Å²) in [5.41, 5.74) is 1.34. The van der Waals surface area contributed by atoms with Crippen LogP contribution in [-0.4, -0.2) is 18.5 Å². The predicted octanol–water partition coefficient (Wildman–Crippen LogP) is 1.14. The maximum Gasteiger partial charge on any atom is 0.0643 e. The van der Waals surface area contributed by atoms with Crippen molar-refractivity contribution >= 4 is 11.6 Å². The fourth-order valence-electron chi connectivity index (χ4n) is 0.834. The number of nitrogens with one attached hydrogen (secondary N) is 1. The molecular formula is C6H10ClN. The van der Waals surface area contributed by atoms with Crippen LogP contribution < -0.4 is 5.32 Å². The molecule has 1 aliphatic heterocycles. The van der Waals surface area contributed by atoms with Crippen LogP contribution in [0.3, 0.4) is 0 Å². The molecule has 0 saturated carbocycles.